The Morgan fingerprint density at radius 2 is 2.07 bits per heavy atom. The van der Waals surface area contributed by atoms with Gasteiger partial charge in [0.15, 0.2) is 10.9 Å². The van der Waals surface area contributed by atoms with Crippen LogP contribution in [-0.2, 0) is 22.4 Å². The van der Waals surface area contributed by atoms with Gasteiger partial charge >= 0.3 is 0 Å². The van der Waals surface area contributed by atoms with Crippen LogP contribution in [0, 0.1) is 0 Å². The summed E-state index contributed by atoms with van der Waals surface area (Å²) in [6, 6.07) is 10.3. The summed E-state index contributed by atoms with van der Waals surface area (Å²) in [6.45, 7) is 2.29. The van der Waals surface area contributed by atoms with Crippen molar-refractivity contribution in [3.63, 3.8) is 0 Å². The second-order valence-corrected chi connectivity index (χ2v) is 7.77. The molecule has 0 saturated heterocycles. The summed E-state index contributed by atoms with van der Waals surface area (Å²) in [4.78, 5) is 43.1. The van der Waals surface area contributed by atoms with Crippen LogP contribution in [0.5, 0.6) is 0 Å². The lowest BCUT2D eigenvalue weighted by Crippen LogP contribution is -2.47. The Kier molecular flexibility index (Phi) is 5.62. The number of carbonyl (C=O) groups excluding carboxylic acids is 3. The molecule has 0 saturated carbocycles. The molecule has 1 aliphatic rings. The predicted molar refractivity (Wildman–Crippen MR) is 113 cm³/mol. The molecule has 1 aliphatic heterocycles. The second kappa shape index (κ2) is 8.50. The number of nitrogens with one attached hydrogen (secondary N) is 2. The first kappa shape index (κ1) is 19.8. The number of nitrogens with zero attached hydrogens (tertiary/aromatic N) is 2. The van der Waals surface area contributed by atoms with Crippen molar-refractivity contribution in [1.29, 1.82) is 0 Å². The Bertz CT molecular complexity index is 1080. The number of rotatable bonds is 6. The minimum atomic E-state index is -0.652. The molecule has 154 valence electrons. The molecule has 2 aromatic heterocycles. The standard InChI is InChI=1S/C21H20N4O4S/c1-13(20(28)25-9-8-14-5-2-3-6-16(14)25)22-18(26)11-15-12-30-21(23-15)24-19(27)17-7-4-10-29-17/h2-7,10,12-13H,8-9,11H2,1H3,(H,22,26)(H,23,24,27). The van der Waals surface area contributed by atoms with E-state index in [-0.39, 0.29) is 24.0 Å². The first-order valence-electron chi connectivity index (χ1n) is 9.49. The highest BCUT2D eigenvalue weighted by Gasteiger charge is 2.28. The van der Waals surface area contributed by atoms with E-state index in [1.54, 1.807) is 29.3 Å². The number of benzene rings is 1. The Morgan fingerprint density at radius 3 is 2.87 bits per heavy atom. The van der Waals surface area contributed by atoms with Crippen molar-refractivity contribution in [2.75, 3.05) is 16.8 Å². The van der Waals surface area contributed by atoms with Gasteiger partial charge in [-0.15, -0.1) is 11.3 Å². The van der Waals surface area contributed by atoms with Crippen molar-refractivity contribution in [3.8, 4) is 0 Å². The van der Waals surface area contributed by atoms with Gasteiger partial charge in [-0.1, -0.05) is 18.2 Å². The van der Waals surface area contributed by atoms with Gasteiger partial charge in [-0.25, -0.2) is 4.98 Å². The summed E-state index contributed by atoms with van der Waals surface area (Å²) in [5, 5.41) is 7.43. The number of furan rings is 1. The second-order valence-electron chi connectivity index (χ2n) is 6.91. The average molecular weight is 424 g/mol. The SMILES string of the molecule is CC(NC(=O)Cc1csc(NC(=O)c2ccco2)n1)C(=O)N1CCc2ccccc21. The first-order valence-corrected chi connectivity index (χ1v) is 10.4. The maximum absolute atomic E-state index is 12.8. The molecule has 0 bridgehead atoms. The van der Waals surface area contributed by atoms with Gasteiger partial charge in [0.1, 0.15) is 6.04 Å². The molecule has 1 aromatic carbocycles. The largest absolute Gasteiger partial charge is 0.459 e. The van der Waals surface area contributed by atoms with Gasteiger partial charge in [-0.2, -0.15) is 0 Å². The summed E-state index contributed by atoms with van der Waals surface area (Å²) in [5.41, 5.74) is 2.55. The molecule has 8 nitrogen and oxygen atoms in total. The number of para-hydroxylation sites is 1. The van der Waals surface area contributed by atoms with Crippen LogP contribution in [0.15, 0.2) is 52.5 Å². The highest BCUT2D eigenvalue weighted by molar-refractivity contribution is 7.14. The molecule has 9 heteroatoms. The Labute approximate surface area is 176 Å². The molecule has 4 rings (SSSR count). The minimum absolute atomic E-state index is 0.0152. The smallest absolute Gasteiger partial charge is 0.293 e. The van der Waals surface area contributed by atoms with Gasteiger partial charge in [-0.3, -0.25) is 19.7 Å². The Hall–Kier alpha value is -3.46. The van der Waals surface area contributed by atoms with Crippen molar-refractivity contribution >= 4 is 39.9 Å². The summed E-state index contributed by atoms with van der Waals surface area (Å²) in [7, 11) is 0. The molecule has 30 heavy (non-hydrogen) atoms. The lowest BCUT2D eigenvalue weighted by atomic mass is 10.2. The quantitative estimate of drug-likeness (QED) is 0.633. The van der Waals surface area contributed by atoms with E-state index in [1.165, 1.54) is 17.6 Å². The van der Waals surface area contributed by atoms with E-state index in [2.05, 4.69) is 15.6 Å². The average Bonchev–Trinajstić information content (AvgIpc) is 3.48. The monoisotopic (exact) mass is 424 g/mol. The number of thiazole rings is 1. The molecule has 0 fully saturated rings. The zero-order valence-electron chi connectivity index (χ0n) is 16.3. The maximum atomic E-state index is 12.8. The van der Waals surface area contributed by atoms with Crippen LogP contribution in [-0.4, -0.2) is 35.3 Å². The third kappa shape index (κ3) is 4.25. The van der Waals surface area contributed by atoms with Gasteiger partial charge < -0.3 is 14.6 Å². The van der Waals surface area contributed by atoms with Crippen molar-refractivity contribution in [1.82, 2.24) is 10.3 Å². The van der Waals surface area contributed by atoms with Crippen LogP contribution in [0.25, 0.3) is 0 Å². The lowest BCUT2D eigenvalue weighted by molar-refractivity contribution is -0.126. The number of fused-ring (bicyclic) bond motifs is 1. The van der Waals surface area contributed by atoms with Crippen LogP contribution in [0.3, 0.4) is 0 Å². The van der Waals surface area contributed by atoms with Gasteiger partial charge in [-0.05, 0) is 37.1 Å². The molecule has 2 N–H and O–H groups in total. The van der Waals surface area contributed by atoms with E-state index in [0.29, 0.717) is 17.4 Å². The van der Waals surface area contributed by atoms with Crippen LogP contribution in [0.1, 0.15) is 28.7 Å². The fourth-order valence-corrected chi connectivity index (χ4v) is 4.04. The predicted octanol–water partition coefficient (Wildman–Crippen LogP) is 2.62. The molecule has 0 radical (unpaired) electrons. The van der Waals surface area contributed by atoms with Crippen LogP contribution in [0.4, 0.5) is 10.8 Å². The van der Waals surface area contributed by atoms with Crippen molar-refractivity contribution in [3.05, 3.63) is 65.1 Å². The van der Waals surface area contributed by atoms with E-state index in [4.69, 9.17) is 4.42 Å². The van der Waals surface area contributed by atoms with Crippen molar-refractivity contribution in [2.45, 2.75) is 25.8 Å². The van der Waals surface area contributed by atoms with E-state index in [0.717, 1.165) is 17.7 Å². The van der Waals surface area contributed by atoms with Crippen LogP contribution in [0.2, 0.25) is 0 Å². The molecular formula is C21H20N4O4S. The molecule has 3 heterocycles. The lowest BCUT2D eigenvalue weighted by Gasteiger charge is -2.22. The summed E-state index contributed by atoms with van der Waals surface area (Å²) < 4.78 is 5.03. The van der Waals surface area contributed by atoms with Gasteiger partial charge in [0, 0.05) is 17.6 Å². The summed E-state index contributed by atoms with van der Waals surface area (Å²) in [5.74, 6) is -0.675. The Morgan fingerprint density at radius 1 is 1.23 bits per heavy atom. The van der Waals surface area contributed by atoms with Crippen molar-refractivity contribution in [2.24, 2.45) is 0 Å². The first-order chi connectivity index (χ1) is 14.5. The Balaban J connectivity index is 1.31. The highest BCUT2D eigenvalue weighted by Crippen LogP contribution is 2.27. The van der Waals surface area contributed by atoms with E-state index in [9.17, 15) is 14.4 Å². The van der Waals surface area contributed by atoms with E-state index >= 15 is 0 Å². The zero-order valence-corrected chi connectivity index (χ0v) is 17.1. The molecule has 3 aromatic rings. The van der Waals surface area contributed by atoms with Gasteiger partial charge in [0.2, 0.25) is 11.8 Å². The molecular weight excluding hydrogens is 404 g/mol. The number of amides is 3. The van der Waals surface area contributed by atoms with Gasteiger partial charge in [0.25, 0.3) is 5.91 Å². The summed E-state index contributed by atoms with van der Waals surface area (Å²) in [6.07, 6.45) is 2.24. The summed E-state index contributed by atoms with van der Waals surface area (Å²) >= 11 is 1.22. The van der Waals surface area contributed by atoms with Crippen LogP contribution < -0.4 is 15.5 Å². The van der Waals surface area contributed by atoms with E-state index in [1.807, 2.05) is 24.3 Å². The molecule has 3 amide bonds. The fraction of sp³-hybridized carbons (Fsp3) is 0.238. The number of aromatic nitrogens is 1. The van der Waals surface area contributed by atoms with Gasteiger partial charge in [0.05, 0.1) is 18.4 Å². The van der Waals surface area contributed by atoms with Crippen LogP contribution >= 0.6 is 11.3 Å². The zero-order chi connectivity index (χ0) is 21.1. The molecule has 0 aliphatic carbocycles. The third-order valence-corrected chi connectivity index (χ3v) is 5.57. The number of anilines is 2. The molecule has 1 atom stereocenters. The maximum Gasteiger partial charge on any atom is 0.293 e. The minimum Gasteiger partial charge on any atom is -0.459 e. The highest BCUT2D eigenvalue weighted by atomic mass is 32.1. The number of carbonyl (C=O) groups is 3. The topological polar surface area (TPSA) is 105 Å². The number of hydrogen-bond acceptors (Lipinski definition) is 6. The van der Waals surface area contributed by atoms with E-state index < -0.39 is 11.9 Å². The third-order valence-electron chi connectivity index (χ3n) is 4.76. The fourth-order valence-electron chi connectivity index (χ4n) is 3.33. The molecule has 1 unspecified atom stereocenters. The number of hydrogen-bond donors (Lipinski definition) is 2. The molecule has 0 spiro atoms. The van der Waals surface area contributed by atoms with Crippen molar-refractivity contribution < 1.29 is 18.8 Å². The normalized spacial score (nSPS) is 13.6.